The van der Waals surface area contributed by atoms with Crippen molar-refractivity contribution >= 4 is 11.9 Å². The average Bonchev–Trinajstić information content (AvgIpc) is 2.17. The number of aliphatic hydroxyl groups excluding tert-OH is 1. The number of carboxylic acid groups (broad SMARTS) is 1. The monoisotopic (exact) mass is 232 g/mol. The van der Waals surface area contributed by atoms with Gasteiger partial charge in [0.25, 0.3) is 5.97 Å². The molecule has 94 valence electrons. The minimum Gasteiger partial charge on any atom is -0.481 e. The van der Waals surface area contributed by atoms with Crippen molar-refractivity contribution in [3.63, 3.8) is 0 Å². The van der Waals surface area contributed by atoms with Crippen LogP contribution < -0.4 is 0 Å². The molecule has 0 aliphatic heterocycles. The Balaban J connectivity index is 0.000000487. The van der Waals surface area contributed by atoms with Crippen LogP contribution in [0.4, 0.5) is 0 Å². The molecule has 2 N–H and O–H groups in total. The zero-order chi connectivity index (χ0) is 12.6. The lowest BCUT2D eigenvalue weighted by Gasteiger charge is -2.26. The molecule has 1 aliphatic rings. The zero-order valence-corrected chi connectivity index (χ0v) is 9.81. The van der Waals surface area contributed by atoms with Crippen molar-refractivity contribution in [2.45, 2.75) is 45.6 Å². The third-order valence-corrected chi connectivity index (χ3v) is 2.38. The number of ether oxygens (including phenoxy) is 1. The summed E-state index contributed by atoms with van der Waals surface area (Å²) < 4.78 is 5.06. The molecule has 1 fully saturated rings. The molecule has 0 amide bonds. The van der Waals surface area contributed by atoms with Gasteiger partial charge in [-0.05, 0) is 31.6 Å². The predicted octanol–water partition coefficient (Wildman–Crippen LogP) is 1.19. The van der Waals surface area contributed by atoms with Crippen molar-refractivity contribution in [3.8, 4) is 0 Å². The zero-order valence-electron chi connectivity index (χ0n) is 9.81. The van der Waals surface area contributed by atoms with Crippen LogP contribution >= 0.6 is 0 Å². The number of aliphatic carboxylic acids is 1. The number of carbonyl (C=O) groups excluding carboxylic acids is 1. The molecule has 0 spiro atoms. The molecule has 0 aromatic carbocycles. The van der Waals surface area contributed by atoms with E-state index in [4.69, 9.17) is 19.7 Å². The van der Waals surface area contributed by atoms with E-state index in [0.717, 1.165) is 32.6 Å². The highest BCUT2D eigenvalue weighted by Gasteiger charge is 2.22. The van der Waals surface area contributed by atoms with Crippen LogP contribution in [0.3, 0.4) is 0 Å². The van der Waals surface area contributed by atoms with Gasteiger partial charge in [-0.2, -0.15) is 0 Å². The summed E-state index contributed by atoms with van der Waals surface area (Å²) >= 11 is 0. The van der Waals surface area contributed by atoms with E-state index in [-0.39, 0.29) is 18.7 Å². The molecular weight excluding hydrogens is 212 g/mol. The van der Waals surface area contributed by atoms with Crippen molar-refractivity contribution in [2.24, 2.45) is 5.92 Å². The van der Waals surface area contributed by atoms with E-state index in [2.05, 4.69) is 0 Å². The summed E-state index contributed by atoms with van der Waals surface area (Å²) in [6.45, 7) is 2.80. The second-order valence-corrected chi connectivity index (χ2v) is 3.95. The third-order valence-electron chi connectivity index (χ3n) is 2.38. The first-order valence-corrected chi connectivity index (χ1v) is 5.43. The van der Waals surface area contributed by atoms with E-state index in [0.29, 0.717) is 5.92 Å². The minimum absolute atomic E-state index is 0.102. The van der Waals surface area contributed by atoms with Gasteiger partial charge in [-0.25, -0.2) is 0 Å². The average molecular weight is 232 g/mol. The van der Waals surface area contributed by atoms with E-state index < -0.39 is 5.97 Å². The maximum absolute atomic E-state index is 10.6. The van der Waals surface area contributed by atoms with Gasteiger partial charge in [0.15, 0.2) is 0 Å². The second kappa shape index (κ2) is 8.10. The van der Waals surface area contributed by atoms with E-state index in [9.17, 15) is 4.79 Å². The Kier molecular flexibility index (Phi) is 7.54. The summed E-state index contributed by atoms with van der Waals surface area (Å²) in [6, 6.07) is 0. The maximum Gasteiger partial charge on any atom is 0.302 e. The van der Waals surface area contributed by atoms with Gasteiger partial charge in [0.05, 0.1) is 0 Å². The van der Waals surface area contributed by atoms with Crippen LogP contribution in [0, 0.1) is 5.92 Å². The van der Waals surface area contributed by atoms with E-state index in [1.54, 1.807) is 0 Å². The van der Waals surface area contributed by atoms with E-state index >= 15 is 0 Å². The maximum atomic E-state index is 10.6. The largest absolute Gasteiger partial charge is 0.481 e. The highest BCUT2D eigenvalue weighted by Crippen LogP contribution is 2.25. The Morgan fingerprint density at radius 3 is 1.94 bits per heavy atom. The molecule has 0 radical (unpaired) electrons. The van der Waals surface area contributed by atoms with Crippen molar-refractivity contribution in [1.29, 1.82) is 0 Å². The highest BCUT2D eigenvalue weighted by atomic mass is 16.5. The first kappa shape index (κ1) is 14.9. The molecule has 5 heteroatoms. The number of hydrogen-bond acceptors (Lipinski definition) is 4. The molecule has 1 rings (SSSR count). The number of aliphatic hydroxyl groups is 1. The normalized spacial score (nSPS) is 23.9. The number of carboxylic acids is 1. The smallest absolute Gasteiger partial charge is 0.302 e. The van der Waals surface area contributed by atoms with Gasteiger partial charge in [0.2, 0.25) is 0 Å². The van der Waals surface area contributed by atoms with E-state index in [1.807, 2.05) is 0 Å². The first-order valence-electron chi connectivity index (χ1n) is 5.43. The summed E-state index contributed by atoms with van der Waals surface area (Å²) in [4.78, 5) is 19.6. The van der Waals surface area contributed by atoms with Gasteiger partial charge in [0.1, 0.15) is 6.10 Å². The Labute approximate surface area is 95.4 Å². The molecule has 0 unspecified atom stereocenters. The Morgan fingerprint density at radius 1 is 1.19 bits per heavy atom. The summed E-state index contributed by atoms with van der Waals surface area (Å²) in [5, 5.41) is 16.3. The van der Waals surface area contributed by atoms with Gasteiger partial charge in [-0.3, -0.25) is 9.59 Å². The topological polar surface area (TPSA) is 83.8 Å². The molecule has 1 saturated carbocycles. The van der Waals surface area contributed by atoms with Crippen molar-refractivity contribution in [3.05, 3.63) is 0 Å². The molecule has 0 heterocycles. The Morgan fingerprint density at radius 2 is 1.62 bits per heavy atom. The van der Waals surface area contributed by atoms with Crippen molar-refractivity contribution in [1.82, 2.24) is 0 Å². The Hall–Kier alpha value is -1.10. The molecular formula is C11H20O5. The van der Waals surface area contributed by atoms with Crippen LogP contribution in [0.5, 0.6) is 0 Å². The summed E-state index contributed by atoms with van der Waals surface area (Å²) in [5.74, 6) is -0.598. The van der Waals surface area contributed by atoms with Crippen LogP contribution in [0.2, 0.25) is 0 Å². The molecule has 0 bridgehead atoms. The van der Waals surface area contributed by atoms with Crippen molar-refractivity contribution in [2.75, 3.05) is 6.61 Å². The summed E-state index contributed by atoms with van der Waals surface area (Å²) in [7, 11) is 0. The molecule has 0 saturated heterocycles. The van der Waals surface area contributed by atoms with Gasteiger partial charge in [-0.15, -0.1) is 0 Å². The third kappa shape index (κ3) is 8.23. The molecule has 1 aliphatic carbocycles. The molecule has 0 aromatic heterocycles. The number of carbonyl (C=O) groups is 2. The van der Waals surface area contributed by atoms with Crippen LogP contribution in [0.1, 0.15) is 39.5 Å². The standard InChI is InChI=1S/C9H16O3.C2H4O2/c1-7(11)12-9-4-2-8(6-10)3-5-9;1-2(3)4/h8-10H,2-6H2,1H3;1H3,(H,3,4). The lowest BCUT2D eigenvalue weighted by molar-refractivity contribution is -0.148. The summed E-state index contributed by atoms with van der Waals surface area (Å²) in [6.07, 6.45) is 3.88. The van der Waals surface area contributed by atoms with Crippen LogP contribution in [-0.2, 0) is 14.3 Å². The molecule has 5 nitrogen and oxygen atoms in total. The quantitative estimate of drug-likeness (QED) is 0.699. The lowest BCUT2D eigenvalue weighted by Crippen LogP contribution is -2.24. The van der Waals surface area contributed by atoms with Crippen LogP contribution in [0.25, 0.3) is 0 Å². The van der Waals surface area contributed by atoms with Gasteiger partial charge >= 0.3 is 5.97 Å². The lowest BCUT2D eigenvalue weighted by atomic mass is 9.88. The van der Waals surface area contributed by atoms with Gasteiger partial charge in [0, 0.05) is 20.5 Å². The highest BCUT2D eigenvalue weighted by molar-refractivity contribution is 5.66. The fourth-order valence-electron chi connectivity index (χ4n) is 1.67. The van der Waals surface area contributed by atoms with Crippen LogP contribution in [-0.4, -0.2) is 34.9 Å². The van der Waals surface area contributed by atoms with Crippen LogP contribution in [0.15, 0.2) is 0 Å². The second-order valence-electron chi connectivity index (χ2n) is 3.95. The fraction of sp³-hybridized carbons (Fsp3) is 0.818. The van der Waals surface area contributed by atoms with Gasteiger partial charge in [-0.1, -0.05) is 0 Å². The molecule has 0 atom stereocenters. The van der Waals surface area contributed by atoms with Gasteiger partial charge < -0.3 is 14.9 Å². The SMILES string of the molecule is CC(=O)O.CC(=O)OC1CCC(CO)CC1. The molecule has 16 heavy (non-hydrogen) atoms. The number of rotatable bonds is 2. The number of esters is 1. The summed E-state index contributed by atoms with van der Waals surface area (Å²) in [5.41, 5.74) is 0. The molecule has 0 aromatic rings. The minimum atomic E-state index is -0.833. The Bertz CT molecular complexity index is 214. The predicted molar refractivity (Wildman–Crippen MR) is 57.9 cm³/mol. The first-order chi connectivity index (χ1) is 7.45. The van der Waals surface area contributed by atoms with Crippen molar-refractivity contribution < 1.29 is 24.5 Å². The van der Waals surface area contributed by atoms with E-state index in [1.165, 1.54) is 6.92 Å². The fourth-order valence-corrected chi connectivity index (χ4v) is 1.67. The number of hydrogen-bond donors (Lipinski definition) is 2.